The number of allylic oxidation sites excluding steroid dienone is 1. The summed E-state index contributed by atoms with van der Waals surface area (Å²) in [4.78, 5) is 5.99. The van der Waals surface area contributed by atoms with E-state index in [1.165, 1.54) is 12.1 Å². The van der Waals surface area contributed by atoms with E-state index in [0.717, 1.165) is 11.3 Å². The van der Waals surface area contributed by atoms with Gasteiger partial charge in [-0.05, 0) is 30.0 Å². The largest absolute Gasteiger partial charge is 0.352 e. The van der Waals surface area contributed by atoms with Gasteiger partial charge < -0.3 is 4.90 Å². The number of likely N-dealkylation sites (N-methyl/N-ethyl adjacent to an activating group) is 1. The molecule has 4 nitrogen and oxygen atoms in total. The maximum atomic E-state index is 11.1. The van der Waals surface area contributed by atoms with E-state index in [-0.39, 0.29) is 4.90 Å². The Hall–Kier alpha value is -1.85. The molecule has 0 unspecified atom stereocenters. The number of benzene rings is 1. The highest BCUT2D eigenvalue weighted by Crippen LogP contribution is 2.15. The van der Waals surface area contributed by atoms with Crippen LogP contribution in [0, 0.1) is 0 Å². The maximum absolute atomic E-state index is 11.1. The van der Waals surface area contributed by atoms with Crippen LogP contribution in [0.2, 0.25) is 0 Å². The van der Waals surface area contributed by atoms with Crippen LogP contribution < -0.4 is 0 Å². The first-order valence-corrected chi connectivity index (χ1v) is 8.41. The van der Waals surface area contributed by atoms with E-state index in [1.807, 2.05) is 7.05 Å². The van der Waals surface area contributed by atoms with E-state index in [4.69, 9.17) is 10.7 Å². The molecular formula is C15H17ClN2O2S. The van der Waals surface area contributed by atoms with E-state index in [1.54, 1.807) is 41.7 Å². The third-order valence-corrected chi connectivity index (χ3v) is 4.09. The van der Waals surface area contributed by atoms with Crippen molar-refractivity contribution < 1.29 is 8.42 Å². The molecule has 1 aromatic carbocycles. The Morgan fingerprint density at radius 2 is 2.00 bits per heavy atom. The molecule has 0 N–H and O–H groups in total. The van der Waals surface area contributed by atoms with Crippen molar-refractivity contribution >= 4 is 25.9 Å². The fourth-order valence-corrected chi connectivity index (χ4v) is 2.14. The molecule has 0 saturated carbocycles. The van der Waals surface area contributed by atoms with Gasteiger partial charge in [0, 0.05) is 42.3 Å². The standard InChI is InChI=1S/C15H17ClN2O2S/c1-4-18(3)13(2)9-11-17-12-10-14-5-7-15(8-6-14)21(16,19)20/h4-9,11-12H,1-2,10H2,3H3/b11-9-,17-12+. The topological polar surface area (TPSA) is 49.7 Å². The molecule has 0 radical (unpaired) electrons. The fourth-order valence-electron chi connectivity index (χ4n) is 1.37. The van der Waals surface area contributed by atoms with E-state index in [9.17, 15) is 8.42 Å². The first-order chi connectivity index (χ1) is 9.84. The number of halogens is 1. The zero-order valence-electron chi connectivity index (χ0n) is 11.7. The number of hydrogen-bond donors (Lipinski definition) is 0. The normalized spacial score (nSPS) is 11.9. The van der Waals surface area contributed by atoms with Crippen molar-refractivity contribution in [1.29, 1.82) is 0 Å². The van der Waals surface area contributed by atoms with Gasteiger partial charge in [-0.25, -0.2) is 8.42 Å². The first-order valence-electron chi connectivity index (χ1n) is 6.10. The lowest BCUT2D eigenvalue weighted by molar-refractivity contribution is 0.593. The van der Waals surface area contributed by atoms with E-state index >= 15 is 0 Å². The zero-order chi connectivity index (χ0) is 15.9. The van der Waals surface area contributed by atoms with Crippen LogP contribution in [0.4, 0.5) is 0 Å². The molecule has 1 aromatic rings. The second-order valence-electron chi connectivity index (χ2n) is 4.22. The van der Waals surface area contributed by atoms with Crippen molar-refractivity contribution in [2.24, 2.45) is 4.99 Å². The summed E-state index contributed by atoms with van der Waals surface area (Å²) in [5.41, 5.74) is 1.72. The number of rotatable bonds is 7. The summed E-state index contributed by atoms with van der Waals surface area (Å²) >= 11 is 0. The van der Waals surface area contributed by atoms with Crippen LogP contribution in [0.5, 0.6) is 0 Å². The molecule has 1 rings (SSSR count). The molecule has 0 aliphatic rings. The second-order valence-corrected chi connectivity index (χ2v) is 6.78. The van der Waals surface area contributed by atoms with Crippen LogP contribution >= 0.6 is 10.7 Å². The molecule has 0 aromatic heterocycles. The van der Waals surface area contributed by atoms with Gasteiger partial charge in [0.1, 0.15) is 0 Å². The maximum Gasteiger partial charge on any atom is 0.261 e. The minimum atomic E-state index is -3.66. The Balaban J connectivity index is 2.56. The second kappa shape index (κ2) is 7.81. The average molecular weight is 325 g/mol. The van der Waals surface area contributed by atoms with Crippen LogP contribution in [0.25, 0.3) is 0 Å². The van der Waals surface area contributed by atoms with Crippen LogP contribution in [0.1, 0.15) is 5.56 Å². The third-order valence-electron chi connectivity index (χ3n) is 2.72. The van der Waals surface area contributed by atoms with E-state index in [0.29, 0.717) is 6.42 Å². The van der Waals surface area contributed by atoms with Crippen LogP contribution in [0.3, 0.4) is 0 Å². The van der Waals surface area contributed by atoms with Crippen molar-refractivity contribution in [3.8, 4) is 0 Å². The highest BCUT2D eigenvalue weighted by molar-refractivity contribution is 8.13. The summed E-state index contributed by atoms with van der Waals surface area (Å²) in [6.45, 7) is 7.47. The molecule has 0 saturated heterocycles. The third kappa shape index (κ3) is 5.97. The lowest BCUT2D eigenvalue weighted by atomic mass is 10.2. The van der Waals surface area contributed by atoms with E-state index in [2.05, 4.69) is 18.2 Å². The molecule has 0 heterocycles. The smallest absolute Gasteiger partial charge is 0.261 e. The van der Waals surface area contributed by atoms with Gasteiger partial charge in [-0.1, -0.05) is 25.3 Å². The van der Waals surface area contributed by atoms with Crippen molar-refractivity contribution in [1.82, 2.24) is 4.90 Å². The molecule has 0 atom stereocenters. The Morgan fingerprint density at radius 1 is 1.38 bits per heavy atom. The summed E-state index contributed by atoms with van der Waals surface area (Å²) < 4.78 is 22.2. The quantitative estimate of drug-likeness (QED) is 0.439. The average Bonchev–Trinajstić information content (AvgIpc) is 2.45. The molecule has 0 aliphatic carbocycles. The zero-order valence-corrected chi connectivity index (χ0v) is 13.3. The van der Waals surface area contributed by atoms with Gasteiger partial charge in [0.25, 0.3) is 9.05 Å². The highest BCUT2D eigenvalue weighted by Gasteiger charge is 2.08. The van der Waals surface area contributed by atoms with Gasteiger partial charge in [-0.15, -0.1) is 0 Å². The minimum Gasteiger partial charge on any atom is -0.352 e. The predicted octanol–water partition coefficient (Wildman–Crippen LogP) is 3.33. The molecular weight excluding hydrogens is 308 g/mol. The van der Waals surface area contributed by atoms with Crippen molar-refractivity contribution in [2.45, 2.75) is 11.3 Å². The molecule has 6 heteroatoms. The summed E-state index contributed by atoms with van der Waals surface area (Å²) in [6, 6.07) is 6.36. The van der Waals surface area contributed by atoms with Crippen molar-refractivity contribution in [3.05, 3.63) is 67.2 Å². The number of hydrogen-bond acceptors (Lipinski definition) is 4. The molecule has 0 bridgehead atoms. The predicted molar refractivity (Wildman–Crippen MR) is 87.9 cm³/mol. The molecule has 112 valence electrons. The van der Waals surface area contributed by atoms with Gasteiger partial charge in [-0.2, -0.15) is 0 Å². The summed E-state index contributed by atoms with van der Waals surface area (Å²) in [5, 5.41) is 0. The van der Waals surface area contributed by atoms with E-state index < -0.39 is 9.05 Å². The molecule has 0 fully saturated rings. The Morgan fingerprint density at radius 3 is 2.52 bits per heavy atom. The van der Waals surface area contributed by atoms with Gasteiger partial charge >= 0.3 is 0 Å². The Kier molecular flexibility index (Phi) is 6.39. The number of aliphatic imine (C=N–C) groups is 1. The van der Waals surface area contributed by atoms with Gasteiger partial charge in [0.05, 0.1) is 4.90 Å². The van der Waals surface area contributed by atoms with Gasteiger partial charge in [-0.3, -0.25) is 4.99 Å². The minimum absolute atomic E-state index is 0.0912. The van der Waals surface area contributed by atoms with Crippen LogP contribution in [-0.2, 0) is 15.5 Å². The fraction of sp³-hybridized carbons (Fsp3) is 0.133. The Labute approximate surface area is 130 Å². The molecule has 0 amide bonds. The summed E-state index contributed by atoms with van der Waals surface area (Å²) in [6.07, 6.45) is 7.38. The molecule has 0 spiro atoms. The molecule has 0 aliphatic heterocycles. The van der Waals surface area contributed by atoms with Gasteiger partial charge in [0.2, 0.25) is 0 Å². The summed E-state index contributed by atoms with van der Waals surface area (Å²) in [7, 11) is 3.42. The number of nitrogens with zero attached hydrogens (tertiary/aromatic N) is 2. The summed E-state index contributed by atoms with van der Waals surface area (Å²) in [5.74, 6) is 0. The first kappa shape index (κ1) is 17.2. The monoisotopic (exact) mass is 324 g/mol. The van der Waals surface area contributed by atoms with Crippen LogP contribution in [0.15, 0.2) is 71.5 Å². The molecule has 21 heavy (non-hydrogen) atoms. The lowest BCUT2D eigenvalue weighted by Crippen LogP contribution is -2.05. The Bertz CT molecular complexity index is 661. The van der Waals surface area contributed by atoms with Gasteiger partial charge in [0.15, 0.2) is 0 Å². The SMILES string of the molecule is C=CN(C)C(=C)/C=C\N=C\Cc1ccc(S(=O)(=O)Cl)cc1. The van der Waals surface area contributed by atoms with Crippen LogP contribution in [-0.4, -0.2) is 26.6 Å². The lowest BCUT2D eigenvalue weighted by Gasteiger charge is -2.11. The highest BCUT2D eigenvalue weighted by atomic mass is 35.7. The van der Waals surface area contributed by atoms with Crippen molar-refractivity contribution in [2.75, 3.05) is 7.05 Å². The van der Waals surface area contributed by atoms with Crippen molar-refractivity contribution in [3.63, 3.8) is 0 Å².